The Labute approximate surface area is 255 Å². The van der Waals surface area contributed by atoms with Crippen molar-refractivity contribution in [2.24, 2.45) is 0 Å². The van der Waals surface area contributed by atoms with Crippen LogP contribution < -0.4 is 0 Å². The molecule has 2 heterocycles. The molecule has 0 aliphatic rings. The minimum Gasteiger partial charge on any atom is -0.307 e. The highest BCUT2D eigenvalue weighted by molar-refractivity contribution is 6.24. The van der Waals surface area contributed by atoms with Gasteiger partial charge in [0.15, 0.2) is 0 Å². The van der Waals surface area contributed by atoms with Crippen LogP contribution in [0.1, 0.15) is 0 Å². The number of fused-ring (bicyclic) bond motifs is 7. The number of aromatic nitrogens is 2. The molecule has 0 fully saturated rings. The smallest absolute Gasteiger partial charge is 0.0788 e. The highest BCUT2D eigenvalue weighted by Crippen LogP contribution is 2.42. The maximum Gasteiger partial charge on any atom is 0.0788 e. The molecule has 0 atom stereocenters. The van der Waals surface area contributed by atoms with Crippen LogP contribution in [0.25, 0.3) is 77.2 Å². The van der Waals surface area contributed by atoms with Crippen LogP contribution in [0.3, 0.4) is 0 Å². The Hall–Kier alpha value is -5.86. The van der Waals surface area contributed by atoms with E-state index < -0.39 is 0 Å². The molecule has 9 rings (SSSR count). The summed E-state index contributed by atoms with van der Waals surface area (Å²) >= 11 is 0. The topological polar surface area (TPSA) is 9.86 Å². The summed E-state index contributed by atoms with van der Waals surface area (Å²) in [6.45, 7) is 0. The van der Waals surface area contributed by atoms with E-state index in [0.29, 0.717) is 0 Å². The lowest BCUT2D eigenvalue weighted by Gasteiger charge is -2.13. The largest absolute Gasteiger partial charge is 0.307 e. The molecule has 44 heavy (non-hydrogen) atoms. The van der Waals surface area contributed by atoms with Crippen LogP contribution in [0.15, 0.2) is 170 Å². The van der Waals surface area contributed by atoms with E-state index in [1.165, 1.54) is 65.9 Å². The molecule has 0 radical (unpaired) electrons. The molecule has 0 bridgehead atoms. The van der Waals surface area contributed by atoms with Crippen molar-refractivity contribution < 1.29 is 0 Å². The average molecular weight is 561 g/mol. The van der Waals surface area contributed by atoms with Crippen molar-refractivity contribution in [2.75, 3.05) is 0 Å². The van der Waals surface area contributed by atoms with Gasteiger partial charge in [0, 0.05) is 32.9 Å². The monoisotopic (exact) mass is 560 g/mol. The Bertz CT molecular complexity index is 2470. The number of hydrogen-bond donors (Lipinski definition) is 0. The van der Waals surface area contributed by atoms with Crippen LogP contribution in [0.5, 0.6) is 0 Å². The van der Waals surface area contributed by atoms with Gasteiger partial charge in [0.25, 0.3) is 0 Å². The van der Waals surface area contributed by atoms with Crippen molar-refractivity contribution in [3.05, 3.63) is 170 Å². The molecule has 7 aromatic carbocycles. The summed E-state index contributed by atoms with van der Waals surface area (Å²) in [5.74, 6) is 0. The highest BCUT2D eigenvalue weighted by Gasteiger charge is 2.21. The van der Waals surface area contributed by atoms with Crippen molar-refractivity contribution in [3.8, 4) is 33.6 Å². The van der Waals surface area contributed by atoms with Crippen LogP contribution in [0.4, 0.5) is 0 Å². The van der Waals surface area contributed by atoms with E-state index in [2.05, 4.69) is 179 Å². The Kier molecular flexibility index (Phi) is 5.54. The first-order valence-electron chi connectivity index (χ1n) is 15.1. The first kappa shape index (κ1) is 24.7. The van der Waals surface area contributed by atoms with E-state index in [9.17, 15) is 0 Å². The van der Waals surface area contributed by atoms with Crippen molar-refractivity contribution in [2.45, 2.75) is 0 Å². The molecule has 206 valence electrons. The molecule has 0 unspecified atom stereocenters. The SMILES string of the molecule is c1ccc(-c2cccc(-n3c4ccccc4c4ccc5c6cc(-c7ccccc7)ccc6n(-c6ccccc6)c5c43)c2)cc1. The zero-order valence-electron chi connectivity index (χ0n) is 24.1. The molecular formula is C42H28N2. The Morgan fingerprint density at radius 1 is 0.273 bits per heavy atom. The molecule has 0 aliphatic heterocycles. The summed E-state index contributed by atoms with van der Waals surface area (Å²) in [6.07, 6.45) is 0. The zero-order valence-corrected chi connectivity index (χ0v) is 24.1. The summed E-state index contributed by atoms with van der Waals surface area (Å²) < 4.78 is 4.92. The van der Waals surface area contributed by atoms with E-state index in [-0.39, 0.29) is 0 Å². The fourth-order valence-electron chi connectivity index (χ4n) is 6.93. The lowest BCUT2D eigenvalue weighted by molar-refractivity contribution is 1.15. The quantitative estimate of drug-likeness (QED) is 0.203. The summed E-state index contributed by atoms with van der Waals surface area (Å²) in [4.78, 5) is 0. The van der Waals surface area contributed by atoms with Crippen molar-refractivity contribution in [1.29, 1.82) is 0 Å². The predicted octanol–water partition coefficient (Wildman–Crippen LogP) is 11.2. The first-order chi connectivity index (χ1) is 21.8. The molecule has 0 saturated carbocycles. The van der Waals surface area contributed by atoms with Crippen LogP contribution in [-0.2, 0) is 0 Å². The molecule has 2 heteroatoms. The van der Waals surface area contributed by atoms with E-state index in [1.54, 1.807) is 0 Å². The summed E-state index contributed by atoms with van der Waals surface area (Å²) in [5, 5.41) is 5.00. The van der Waals surface area contributed by atoms with E-state index >= 15 is 0 Å². The molecule has 0 aliphatic carbocycles. The third-order valence-electron chi connectivity index (χ3n) is 8.89. The van der Waals surface area contributed by atoms with E-state index in [1.807, 2.05) is 0 Å². The third-order valence-corrected chi connectivity index (χ3v) is 8.89. The Morgan fingerprint density at radius 3 is 1.48 bits per heavy atom. The predicted molar refractivity (Wildman–Crippen MR) is 186 cm³/mol. The summed E-state index contributed by atoms with van der Waals surface area (Å²) in [6, 6.07) is 61.4. The number of para-hydroxylation sites is 2. The Balaban J connectivity index is 1.44. The van der Waals surface area contributed by atoms with Gasteiger partial charge in [-0.05, 0) is 64.7 Å². The van der Waals surface area contributed by atoms with Gasteiger partial charge < -0.3 is 9.13 Å². The van der Waals surface area contributed by atoms with Gasteiger partial charge in [0.05, 0.1) is 22.1 Å². The van der Waals surface area contributed by atoms with Crippen molar-refractivity contribution in [3.63, 3.8) is 0 Å². The normalized spacial score (nSPS) is 11.6. The van der Waals surface area contributed by atoms with Crippen LogP contribution in [-0.4, -0.2) is 9.13 Å². The minimum atomic E-state index is 1.15. The second-order valence-corrected chi connectivity index (χ2v) is 11.4. The van der Waals surface area contributed by atoms with E-state index in [4.69, 9.17) is 0 Å². The number of hydrogen-bond acceptors (Lipinski definition) is 0. The number of rotatable bonds is 4. The maximum atomic E-state index is 2.47. The van der Waals surface area contributed by atoms with Gasteiger partial charge in [-0.3, -0.25) is 0 Å². The van der Waals surface area contributed by atoms with Crippen LogP contribution in [0, 0.1) is 0 Å². The molecule has 2 aromatic heterocycles. The fraction of sp³-hybridized carbons (Fsp3) is 0. The minimum absolute atomic E-state index is 1.15. The molecule has 0 amide bonds. The zero-order chi connectivity index (χ0) is 29.0. The lowest BCUT2D eigenvalue weighted by Crippen LogP contribution is -1.98. The van der Waals surface area contributed by atoms with Crippen molar-refractivity contribution >= 4 is 43.6 Å². The van der Waals surface area contributed by atoms with Crippen LogP contribution >= 0.6 is 0 Å². The standard InChI is InChI=1S/C42H28N2/c1-4-13-29(14-5-1)31-17-12-20-34(27-31)44-39-22-11-10-21-35(39)36-24-25-37-38-28-32(30-15-6-2-7-16-30)23-26-40(38)43(42(37)41(36)44)33-18-8-3-9-19-33/h1-28H. The third kappa shape index (κ3) is 3.75. The molecule has 2 nitrogen and oxygen atoms in total. The summed E-state index contributed by atoms with van der Waals surface area (Å²) in [5.41, 5.74) is 12.0. The fourth-order valence-corrected chi connectivity index (χ4v) is 6.93. The molecule has 0 saturated heterocycles. The van der Waals surface area contributed by atoms with Gasteiger partial charge in [0.1, 0.15) is 0 Å². The van der Waals surface area contributed by atoms with Gasteiger partial charge in [-0.1, -0.05) is 127 Å². The molecule has 9 aromatic rings. The number of benzene rings is 7. The molecule has 0 spiro atoms. The van der Waals surface area contributed by atoms with Crippen molar-refractivity contribution in [1.82, 2.24) is 9.13 Å². The molecular weight excluding hydrogens is 532 g/mol. The van der Waals surface area contributed by atoms with Gasteiger partial charge in [0.2, 0.25) is 0 Å². The lowest BCUT2D eigenvalue weighted by atomic mass is 10.0. The van der Waals surface area contributed by atoms with Gasteiger partial charge in [-0.25, -0.2) is 0 Å². The Morgan fingerprint density at radius 2 is 0.773 bits per heavy atom. The first-order valence-corrected chi connectivity index (χ1v) is 15.1. The number of nitrogens with zero attached hydrogens (tertiary/aromatic N) is 2. The molecule has 0 N–H and O–H groups in total. The van der Waals surface area contributed by atoms with Gasteiger partial charge >= 0.3 is 0 Å². The van der Waals surface area contributed by atoms with E-state index in [0.717, 1.165) is 11.4 Å². The van der Waals surface area contributed by atoms with Gasteiger partial charge in [-0.15, -0.1) is 0 Å². The average Bonchev–Trinajstić information content (AvgIpc) is 3.62. The second kappa shape index (κ2) is 9.86. The maximum absolute atomic E-state index is 2.47. The van der Waals surface area contributed by atoms with Gasteiger partial charge in [-0.2, -0.15) is 0 Å². The van der Waals surface area contributed by atoms with Crippen LogP contribution in [0.2, 0.25) is 0 Å². The summed E-state index contributed by atoms with van der Waals surface area (Å²) in [7, 11) is 0. The highest BCUT2D eigenvalue weighted by atomic mass is 15.0. The second-order valence-electron chi connectivity index (χ2n) is 11.4.